The van der Waals surface area contributed by atoms with Gasteiger partial charge in [-0.25, -0.2) is 0 Å². The van der Waals surface area contributed by atoms with Crippen LogP contribution in [0, 0.1) is 11.7 Å². The number of benzene rings is 1. The Bertz CT molecular complexity index is 718. The summed E-state index contributed by atoms with van der Waals surface area (Å²) in [6.45, 7) is 3.09. The molecule has 0 fully saturated rings. The van der Waals surface area contributed by atoms with Gasteiger partial charge in [-0.3, -0.25) is 9.89 Å². The third-order valence-corrected chi connectivity index (χ3v) is 4.34. The first kappa shape index (κ1) is 14.0. The average molecular weight is 302 g/mol. The minimum absolute atomic E-state index is 0.0142. The van der Waals surface area contributed by atoms with Gasteiger partial charge in [0.25, 0.3) is 0 Å². The number of fused-ring (bicyclic) bond motifs is 1. The number of amides is 1. The van der Waals surface area contributed by atoms with Crippen LogP contribution in [0.5, 0.6) is 0 Å². The van der Waals surface area contributed by atoms with E-state index in [9.17, 15) is 4.79 Å². The molecule has 6 heteroatoms. The zero-order valence-electron chi connectivity index (χ0n) is 11.9. The van der Waals surface area contributed by atoms with Crippen molar-refractivity contribution < 1.29 is 4.79 Å². The Morgan fingerprint density at radius 3 is 3.10 bits per heavy atom. The number of carbonyl (C=O) groups excluding carboxylic acids is 1. The highest BCUT2D eigenvalue weighted by Gasteiger charge is 2.27. The van der Waals surface area contributed by atoms with E-state index in [1.54, 1.807) is 0 Å². The zero-order valence-corrected chi connectivity index (χ0v) is 12.7. The number of rotatable bonds is 4. The van der Waals surface area contributed by atoms with Gasteiger partial charge < -0.3 is 9.88 Å². The van der Waals surface area contributed by atoms with Crippen molar-refractivity contribution in [3.05, 3.63) is 46.0 Å². The Labute approximate surface area is 128 Å². The molecule has 0 saturated heterocycles. The number of aryl methyl sites for hydroxylation is 2. The Morgan fingerprint density at radius 1 is 1.52 bits per heavy atom. The molecule has 1 aliphatic rings. The molecular weight excluding hydrogens is 284 g/mol. The highest BCUT2D eigenvalue weighted by Crippen LogP contribution is 2.32. The third-order valence-electron chi connectivity index (χ3n) is 4.03. The molecule has 1 aromatic heterocycles. The van der Waals surface area contributed by atoms with Gasteiger partial charge in [-0.2, -0.15) is 5.10 Å². The molecule has 0 spiro atoms. The summed E-state index contributed by atoms with van der Waals surface area (Å²) < 4.78 is 2.48. The molecule has 2 N–H and O–H groups in total. The maximum absolute atomic E-state index is 12.3. The van der Waals surface area contributed by atoms with E-state index in [0.29, 0.717) is 17.9 Å². The molecular formula is C15H18N4OS. The van der Waals surface area contributed by atoms with Gasteiger partial charge in [0.15, 0.2) is 4.77 Å². The van der Waals surface area contributed by atoms with Crippen LogP contribution in [0.4, 0.5) is 0 Å². The molecule has 0 saturated carbocycles. The number of H-pyrrole nitrogens is 1. The molecule has 1 aliphatic carbocycles. The van der Waals surface area contributed by atoms with Crippen LogP contribution < -0.4 is 5.32 Å². The molecule has 3 rings (SSSR count). The summed E-state index contributed by atoms with van der Waals surface area (Å²) in [5.74, 6) is 0.924. The van der Waals surface area contributed by atoms with Crippen LogP contribution in [0.1, 0.15) is 29.3 Å². The lowest BCUT2D eigenvalue weighted by molar-refractivity contribution is -0.122. The third kappa shape index (κ3) is 2.76. The van der Waals surface area contributed by atoms with Crippen molar-refractivity contribution in [3.63, 3.8) is 0 Å². The Balaban J connectivity index is 1.60. The first-order chi connectivity index (χ1) is 10.2. The fourth-order valence-electron chi connectivity index (χ4n) is 2.90. The highest BCUT2D eigenvalue weighted by atomic mass is 32.1. The number of nitrogens with zero attached hydrogens (tertiary/aromatic N) is 2. The van der Waals surface area contributed by atoms with Gasteiger partial charge in [0.05, 0.1) is 5.92 Å². The summed E-state index contributed by atoms with van der Waals surface area (Å²) in [5, 5.41) is 9.81. The average Bonchev–Trinajstić information content (AvgIpc) is 3.05. The molecule has 110 valence electrons. The maximum atomic E-state index is 12.3. The fourth-order valence-corrected chi connectivity index (χ4v) is 3.17. The van der Waals surface area contributed by atoms with E-state index in [0.717, 1.165) is 18.7 Å². The predicted molar refractivity (Wildman–Crippen MR) is 82.7 cm³/mol. The van der Waals surface area contributed by atoms with Gasteiger partial charge in [0.1, 0.15) is 5.82 Å². The molecule has 1 unspecified atom stereocenters. The number of hydrogen-bond acceptors (Lipinski definition) is 3. The normalized spacial score (nSPS) is 16.7. The molecule has 2 aromatic rings. The Kier molecular flexibility index (Phi) is 3.88. The van der Waals surface area contributed by atoms with Crippen molar-refractivity contribution in [3.8, 4) is 0 Å². The molecule has 1 amide bonds. The molecule has 21 heavy (non-hydrogen) atoms. The molecule has 5 nitrogen and oxygen atoms in total. The highest BCUT2D eigenvalue weighted by molar-refractivity contribution is 7.71. The molecule has 0 radical (unpaired) electrons. The number of nitrogens with one attached hydrogen (secondary N) is 2. The van der Waals surface area contributed by atoms with Crippen LogP contribution in [-0.4, -0.2) is 27.2 Å². The number of hydrogen-bond donors (Lipinski definition) is 2. The summed E-state index contributed by atoms with van der Waals surface area (Å²) in [7, 11) is 0. The van der Waals surface area contributed by atoms with Crippen molar-refractivity contribution in [2.75, 3.05) is 6.54 Å². The monoisotopic (exact) mass is 302 g/mol. The van der Waals surface area contributed by atoms with Crippen LogP contribution >= 0.6 is 12.2 Å². The number of aromatic amines is 1. The van der Waals surface area contributed by atoms with E-state index in [1.165, 1.54) is 11.1 Å². The van der Waals surface area contributed by atoms with Crippen molar-refractivity contribution in [1.82, 2.24) is 20.1 Å². The lowest BCUT2D eigenvalue weighted by Crippen LogP contribution is -2.31. The second kappa shape index (κ2) is 5.81. The van der Waals surface area contributed by atoms with Crippen LogP contribution in [-0.2, 0) is 17.8 Å². The van der Waals surface area contributed by atoms with E-state index in [4.69, 9.17) is 12.2 Å². The number of carbonyl (C=O) groups is 1. The van der Waals surface area contributed by atoms with Gasteiger partial charge in [-0.05, 0) is 43.1 Å². The molecule has 1 aromatic carbocycles. The van der Waals surface area contributed by atoms with E-state index < -0.39 is 0 Å². The minimum Gasteiger partial charge on any atom is -0.354 e. The summed E-state index contributed by atoms with van der Waals surface area (Å²) >= 11 is 5.14. The summed E-state index contributed by atoms with van der Waals surface area (Å²) in [4.78, 5) is 12.3. The van der Waals surface area contributed by atoms with E-state index >= 15 is 0 Å². The fraction of sp³-hybridized carbons (Fsp3) is 0.400. The quantitative estimate of drug-likeness (QED) is 0.850. The summed E-state index contributed by atoms with van der Waals surface area (Å²) in [5.41, 5.74) is 2.47. The van der Waals surface area contributed by atoms with Crippen LogP contribution in [0.25, 0.3) is 0 Å². The standard InChI is InChI=1S/C15H18N4OS/c1-10-17-18-15(21)19(10)9-8-16-14(20)13-7-6-11-4-2-3-5-12(11)13/h2-5,13H,6-9H2,1H3,(H,16,20)(H,18,21). The first-order valence-corrected chi connectivity index (χ1v) is 7.55. The SMILES string of the molecule is Cc1n[nH]c(=S)n1CCNC(=O)C1CCc2ccccc21. The number of aromatic nitrogens is 3. The van der Waals surface area contributed by atoms with Crippen molar-refractivity contribution >= 4 is 18.1 Å². The van der Waals surface area contributed by atoms with Crippen molar-refractivity contribution in [2.45, 2.75) is 32.2 Å². The van der Waals surface area contributed by atoms with Gasteiger partial charge in [-0.1, -0.05) is 24.3 Å². The van der Waals surface area contributed by atoms with Gasteiger partial charge in [0, 0.05) is 13.1 Å². The minimum atomic E-state index is -0.0142. The second-order valence-electron chi connectivity index (χ2n) is 5.31. The Morgan fingerprint density at radius 2 is 2.33 bits per heavy atom. The van der Waals surface area contributed by atoms with Crippen LogP contribution in [0.2, 0.25) is 0 Å². The molecule has 0 aliphatic heterocycles. The molecule has 1 heterocycles. The van der Waals surface area contributed by atoms with E-state index in [1.807, 2.05) is 23.6 Å². The van der Waals surface area contributed by atoms with E-state index in [-0.39, 0.29) is 11.8 Å². The van der Waals surface area contributed by atoms with Crippen LogP contribution in [0.15, 0.2) is 24.3 Å². The lowest BCUT2D eigenvalue weighted by Gasteiger charge is -2.12. The summed E-state index contributed by atoms with van der Waals surface area (Å²) in [6, 6.07) is 8.20. The molecule has 0 bridgehead atoms. The van der Waals surface area contributed by atoms with Gasteiger partial charge in [0.2, 0.25) is 5.91 Å². The summed E-state index contributed by atoms with van der Waals surface area (Å²) in [6.07, 6.45) is 1.88. The van der Waals surface area contributed by atoms with Gasteiger partial charge >= 0.3 is 0 Å². The lowest BCUT2D eigenvalue weighted by atomic mass is 10.0. The van der Waals surface area contributed by atoms with E-state index in [2.05, 4.69) is 27.6 Å². The second-order valence-corrected chi connectivity index (χ2v) is 5.70. The van der Waals surface area contributed by atoms with Crippen LogP contribution in [0.3, 0.4) is 0 Å². The largest absolute Gasteiger partial charge is 0.354 e. The van der Waals surface area contributed by atoms with Gasteiger partial charge in [-0.15, -0.1) is 0 Å². The van der Waals surface area contributed by atoms with Crippen molar-refractivity contribution in [1.29, 1.82) is 0 Å². The topological polar surface area (TPSA) is 62.7 Å². The van der Waals surface area contributed by atoms with Crippen molar-refractivity contribution in [2.24, 2.45) is 0 Å². The predicted octanol–water partition coefficient (Wildman–Crippen LogP) is 2.10. The zero-order chi connectivity index (χ0) is 14.8. The smallest absolute Gasteiger partial charge is 0.227 e. The maximum Gasteiger partial charge on any atom is 0.227 e. The Hall–Kier alpha value is -1.95. The molecule has 1 atom stereocenters. The first-order valence-electron chi connectivity index (χ1n) is 7.14.